The van der Waals surface area contributed by atoms with Crippen molar-refractivity contribution in [2.75, 3.05) is 17.3 Å². The average Bonchev–Trinajstić information content (AvgIpc) is 2.61. The van der Waals surface area contributed by atoms with Crippen LogP contribution in [0.5, 0.6) is 0 Å². The number of anilines is 3. The molecule has 0 unspecified atom stereocenters. The highest BCUT2D eigenvalue weighted by atomic mass is 15.2. The summed E-state index contributed by atoms with van der Waals surface area (Å²) in [6.07, 6.45) is 1.59. The highest BCUT2D eigenvalue weighted by Crippen LogP contribution is 2.26. The second-order valence-corrected chi connectivity index (χ2v) is 4.92. The molecule has 0 saturated carbocycles. The molecule has 0 aliphatic carbocycles. The first-order valence-electron chi connectivity index (χ1n) is 7.23. The van der Waals surface area contributed by atoms with Crippen LogP contribution in [0.4, 0.5) is 17.3 Å². The van der Waals surface area contributed by atoms with Crippen LogP contribution in [0.15, 0.2) is 73.1 Å². The molecule has 22 heavy (non-hydrogen) atoms. The third-order valence-electron chi connectivity index (χ3n) is 3.44. The average molecular weight is 290 g/mol. The highest BCUT2D eigenvalue weighted by molar-refractivity contribution is 5.62. The van der Waals surface area contributed by atoms with E-state index in [0.29, 0.717) is 0 Å². The van der Waals surface area contributed by atoms with E-state index in [1.807, 2.05) is 37.4 Å². The maximum Gasteiger partial charge on any atom is 0.138 e. The van der Waals surface area contributed by atoms with E-state index in [1.165, 1.54) is 5.56 Å². The van der Waals surface area contributed by atoms with Crippen LogP contribution in [0.25, 0.3) is 0 Å². The Morgan fingerprint density at radius 2 is 1.59 bits per heavy atom. The summed E-state index contributed by atoms with van der Waals surface area (Å²) in [5.41, 5.74) is 2.34. The van der Waals surface area contributed by atoms with Crippen molar-refractivity contribution in [3.05, 3.63) is 78.6 Å². The Bertz CT molecular complexity index is 713. The molecule has 0 amide bonds. The lowest BCUT2D eigenvalue weighted by molar-refractivity contribution is 0.938. The number of para-hydroxylation sites is 1. The lowest BCUT2D eigenvalue weighted by Crippen LogP contribution is -2.18. The summed E-state index contributed by atoms with van der Waals surface area (Å²) < 4.78 is 0. The highest BCUT2D eigenvalue weighted by Gasteiger charge is 2.12. The van der Waals surface area contributed by atoms with Crippen molar-refractivity contribution in [1.82, 2.24) is 9.97 Å². The van der Waals surface area contributed by atoms with Crippen LogP contribution < -0.4 is 10.2 Å². The van der Waals surface area contributed by atoms with Gasteiger partial charge in [0.1, 0.15) is 18.0 Å². The van der Waals surface area contributed by atoms with Crippen molar-refractivity contribution >= 4 is 17.3 Å². The van der Waals surface area contributed by atoms with E-state index in [0.717, 1.165) is 23.9 Å². The molecular weight excluding hydrogens is 272 g/mol. The molecule has 0 radical (unpaired) electrons. The Labute approximate surface area is 130 Å². The quantitative estimate of drug-likeness (QED) is 0.774. The molecule has 2 aromatic carbocycles. The van der Waals surface area contributed by atoms with Gasteiger partial charge in [-0.1, -0.05) is 48.5 Å². The molecule has 0 aliphatic rings. The zero-order valence-corrected chi connectivity index (χ0v) is 12.5. The van der Waals surface area contributed by atoms with Crippen LogP contribution >= 0.6 is 0 Å². The molecule has 3 aromatic rings. The van der Waals surface area contributed by atoms with Crippen LogP contribution in [0, 0.1) is 0 Å². The minimum Gasteiger partial charge on any atom is -0.373 e. The van der Waals surface area contributed by atoms with Crippen LogP contribution in [0.1, 0.15) is 5.56 Å². The molecular formula is C18H18N4. The number of hydrogen-bond donors (Lipinski definition) is 1. The standard InChI is InChI=1S/C18H18N4/c1-19-17-12-18(21-14-20-17)22(16-10-6-3-7-11-16)13-15-8-4-2-5-9-15/h2-12,14H,13H2,1H3,(H,19,20,21). The Balaban J connectivity index is 1.99. The molecule has 3 rings (SSSR count). The Kier molecular flexibility index (Phi) is 4.30. The number of aromatic nitrogens is 2. The van der Waals surface area contributed by atoms with Crippen LogP contribution in [-0.2, 0) is 6.54 Å². The van der Waals surface area contributed by atoms with Gasteiger partial charge in [-0.15, -0.1) is 0 Å². The molecule has 0 atom stereocenters. The third kappa shape index (κ3) is 3.23. The van der Waals surface area contributed by atoms with Gasteiger partial charge in [0, 0.05) is 25.3 Å². The third-order valence-corrected chi connectivity index (χ3v) is 3.44. The van der Waals surface area contributed by atoms with Crippen LogP contribution in [-0.4, -0.2) is 17.0 Å². The van der Waals surface area contributed by atoms with Crippen LogP contribution in [0.2, 0.25) is 0 Å². The van der Waals surface area contributed by atoms with Gasteiger partial charge in [-0.2, -0.15) is 0 Å². The van der Waals surface area contributed by atoms with E-state index >= 15 is 0 Å². The SMILES string of the molecule is CNc1cc(N(Cc2ccccc2)c2ccccc2)ncn1. The van der Waals surface area contributed by atoms with Crippen molar-refractivity contribution in [1.29, 1.82) is 0 Å². The normalized spacial score (nSPS) is 10.2. The topological polar surface area (TPSA) is 41.0 Å². The second-order valence-electron chi connectivity index (χ2n) is 4.92. The van der Waals surface area contributed by atoms with Gasteiger partial charge in [0.05, 0.1) is 0 Å². The van der Waals surface area contributed by atoms with Gasteiger partial charge >= 0.3 is 0 Å². The smallest absolute Gasteiger partial charge is 0.138 e. The molecule has 0 bridgehead atoms. The van der Waals surface area contributed by atoms with Crippen molar-refractivity contribution in [2.24, 2.45) is 0 Å². The van der Waals surface area contributed by atoms with E-state index < -0.39 is 0 Å². The summed E-state index contributed by atoms with van der Waals surface area (Å²) in [4.78, 5) is 10.8. The van der Waals surface area contributed by atoms with Gasteiger partial charge in [-0.3, -0.25) is 0 Å². The van der Waals surface area contributed by atoms with E-state index in [4.69, 9.17) is 0 Å². The minimum atomic E-state index is 0.755. The van der Waals surface area contributed by atoms with Crippen molar-refractivity contribution in [3.8, 4) is 0 Å². The first kappa shape index (κ1) is 14.1. The van der Waals surface area contributed by atoms with Gasteiger partial charge in [-0.25, -0.2) is 9.97 Å². The van der Waals surface area contributed by atoms with Gasteiger partial charge in [-0.05, 0) is 17.7 Å². The minimum absolute atomic E-state index is 0.755. The molecule has 0 saturated heterocycles. The largest absolute Gasteiger partial charge is 0.373 e. The van der Waals surface area contributed by atoms with Crippen molar-refractivity contribution in [2.45, 2.75) is 6.54 Å². The van der Waals surface area contributed by atoms with Gasteiger partial charge < -0.3 is 10.2 Å². The molecule has 0 spiro atoms. The Hall–Kier alpha value is -2.88. The lowest BCUT2D eigenvalue weighted by Gasteiger charge is -2.24. The number of nitrogens with zero attached hydrogens (tertiary/aromatic N) is 3. The lowest BCUT2D eigenvalue weighted by atomic mass is 10.2. The summed E-state index contributed by atoms with van der Waals surface area (Å²) in [5, 5.41) is 3.06. The summed E-state index contributed by atoms with van der Waals surface area (Å²) in [6.45, 7) is 0.755. The number of rotatable bonds is 5. The maximum absolute atomic E-state index is 4.44. The Morgan fingerprint density at radius 3 is 2.27 bits per heavy atom. The number of hydrogen-bond acceptors (Lipinski definition) is 4. The van der Waals surface area contributed by atoms with E-state index in [9.17, 15) is 0 Å². The summed E-state index contributed by atoms with van der Waals surface area (Å²) in [7, 11) is 1.86. The monoisotopic (exact) mass is 290 g/mol. The predicted molar refractivity (Wildman–Crippen MR) is 90.3 cm³/mol. The maximum atomic E-state index is 4.44. The van der Waals surface area contributed by atoms with Crippen molar-refractivity contribution in [3.63, 3.8) is 0 Å². The van der Waals surface area contributed by atoms with Gasteiger partial charge in [0.2, 0.25) is 0 Å². The molecule has 4 nitrogen and oxygen atoms in total. The Morgan fingerprint density at radius 1 is 0.909 bits per heavy atom. The molecule has 1 aromatic heterocycles. The molecule has 110 valence electrons. The summed E-state index contributed by atoms with van der Waals surface area (Å²) in [5.74, 6) is 1.67. The van der Waals surface area contributed by atoms with Gasteiger partial charge in [0.15, 0.2) is 0 Å². The number of benzene rings is 2. The molecule has 4 heteroatoms. The number of nitrogens with one attached hydrogen (secondary N) is 1. The zero-order valence-electron chi connectivity index (χ0n) is 12.5. The van der Waals surface area contributed by atoms with E-state index in [1.54, 1.807) is 6.33 Å². The second kappa shape index (κ2) is 6.72. The van der Waals surface area contributed by atoms with Crippen LogP contribution in [0.3, 0.4) is 0 Å². The van der Waals surface area contributed by atoms with E-state index in [2.05, 4.69) is 56.6 Å². The summed E-state index contributed by atoms with van der Waals surface area (Å²) >= 11 is 0. The molecule has 0 aliphatic heterocycles. The fraction of sp³-hybridized carbons (Fsp3) is 0.111. The first-order valence-corrected chi connectivity index (χ1v) is 7.23. The van der Waals surface area contributed by atoms with Gasteiger partial charge in [0.25, 0.3) is 0 Å². The summed E-state index contributed by atoms with van der Waals surface area (Å²) in [6, 6.07) is 22.6. The molecule has 1 N–H and O–H groups in total. The molecule has 1 heterocycles. The first-order chi connectivity index (χ1) is 10.9. The van der Waals surface area contributed by atoms with E-state index in [-0.39, 0.29) is 0 Å². The molecule has 0 fully saturated rings. The van der Waals surface area contributed by atoms with Crippen molar-refractivity contribution < 1.29 is 0 Å². The predicted octanol–water partition coefficient (Wildman–Crippen LogP) is 3.86. The fourth-order valence-corrected chi connectivity index (χ4v) is 2.31. The zero-order chi connectivity index (χ0) is 15.2. The fourth-order valence-electron chi connectivity index (χ4n) is 2.31.